The highest BCUT2D eigenvalue weighted by Gasteiger charge is 2.49. The molecule has 1 atom stereocenters. The van der Waals surface area contributed by atoms with Gasteiger partial charge in [-0.2, -0.15) is 10.3 Å². The minimum absolute atomic E-state index is 0.0438. The molecule has 0 aliphatic heterocycles. The van der Waals surface area contributed by atoms with Crippen LogP contribution in [0.5, 0.6) is 0 Å². The fraction of sp³-hybridized carbons (Fsp3) is 0.750. The molecule has 1 unspecified atom stereocenters. The molecule has 21 heavy (non-hydrogen) atoms. The van der Waals surface area contributed by atoms with Crippen molar-refractivity contribution in [2.75, 3.05) is 19.8 Å². The van der Waals surface area contributed by atoms with E-state index in [-0.39, 0.29) is 4.87 Å². The van der Waals surface area contributed by atoms with Gasteiger partial charge < -0.3 is 13.3 Å². The van der Waals surface area contributed by atoms with E-state index < -0.39 is 8.80 Å². The number of hydrogen-bond acceptors (Lipinski definition) is 7. The molecule has 0 fully saturated rings. The van der Waals surface area contributed by atoms with Crippen molar-refractivity contribution in [1.29, 1.82) is 0 Å². The average Bonchev–Trinajstić information content (AvgIpc) is 2.47. The average molecular weight is 350 g/mol. The Morgan fingerprint density at radius 1 is 1.19 bits per heavy atom. The monoisotopic (exact) mass is 349 g/mol. The summed E-state index contributed by atoms with van der Waals surface area (Å²) in [7, 11) is -2.79. The van der Waals surface area contributed by atoms with Crippen molar-refractivity contribution in [2.45, 2.75) is 44.0 Å². The summed E-state index contributed by atoms with van der Waals surface area (Å²) >= 11 is 6.80. The van der Waals surface area contributed by atoms with E-state index in [1.54, 1.807) is 18.0 Å². The van der Waals surface area contributed by atoms with Gasteiger partial charge in [0.05, 0.1) is 15.6 Å². The molecule has 0 radical (unpaired) electrons. The molecule has 0 saturated heterocycles. The van der Waals surface area contributed by atoms with Crippen molar-refractivity contribution in [3.05, 3.63) is 10.7 Å². The molecule has 1 aromatic rings. The van der Waals surface area contributed by atoms with Crippen LogP contribution in [-0.2, 0) is 13.3 Å². The lowest BCUT2D eigenvalue weighted by Gasteiger charge is -2.34. The van der Waals surface area contributed by atoms with Crippen LogP contribution in [0.25, 0.3) is 0 Å². The Kier molecular flexibility index (Phi) is 8.60. The van der Waals surface area contributed by atoms with Gasteiger partial charge in [-0.25, -0.2) is 0 Å². The molecule has 0 saturated carbocycles. The summed E-state index contributed by atoms with van der Waals surface area (Å²) in [5, 5.41) is 11.3. The summed E-state index contributed by atoms with van der Waals surface area (Å²) in [6, 6.07) is 0. The normalized spacial score (nSPS) is 13.3. The third-order valence-corrected chi connectivity index (χ3v) is 8.73. The van der Waals surface area contributed by atoms with Crippen molar-refractivity contribution in [3.63, 3.8) is 0 Å². The number of H-pyrrole nitrogens is 1. The van der Waals surface area contributed by atoms with Crippen molar-refractivity contribution < 1.29 is 13.3 Å². The molecule has 1 rings (SSSR count). The standard InChI is InChI=1S/C12H23N3O3S2Si/c1-5-11(20-12-10(19)9-13-15-14-12)21(16-6-2,17-7-3)18-8-4/h9,11H,5-8H2,1-4H3,(H,15,19). The minimum atomic E-state index is -2.79. The highest BCUT2D eigenvalue weighted by molar-refractivity contribution is 8.01. The Morgan fingerprint density at radius 3 is 2.19 bits per heavy atom. The van der Waals surface area contributed by atoms with Gasteiger partial charge in [0, 0.05) is 19.8 Å². The summed E-state index contributed by atoms with van der Waals surface area (Å²) < 4.78 is 18.5. The lowest BCUT2D eigenvalue weighted by molar-refractivity contribution is 0.0692. The van der Waals surface area contributed by atoms with Gasteiger partial charge in [-0.05, 0) is 27.2 Å². The van der Waals surface area contributed by atoms with Gasteiger partial charge in [0.1, 0.15) is 5.03 Å². The highest BCUT2D eigenvalue weighted by atomic mass is 32.2. The maximum Gasteiger partial charge on any atom is 0.515 e. The van der Waals surface area contributed by atoms with Crippen molar-refractivity contribution in [2.24, 2.45) is 0 Å². The number of aromatic amines is 1. The van der Waals surface area contributed by atoms with E-state index in [0.717, 1.165) is 11.4 Å². The van der Waals surface area contributed by atoms with E-state index in [2.05, 4.69) is 22.3 Å². The van der Waals surface area contributed by atoms with Crippen LogP contribution in [0.2, 0.25) is 0 Å². The van der Waals surface area contributed by atoms with Crippen LogP contribution in [0.4, 0.5) is 0 Å². The fourth-order valence-corrected chi connectivity index (χ4v) is 6.88. The van der Waals surface area contributed by atoms with Gasteiger partial charge in [0.15, 0.2) is 0 Å². The largest absolute Gasteiger partial charge is 0.515 e. The summed E-state index contributed by atoms with van der Waals surface area (Å²) in [4.78, 5) is 0.0438. The first kappa shape index (κ1) is 18.7. The molecule has 1 heterocycles. The number of hydrogen-bond donors (Lipinski definition) is 1. The van der Waals surface area contributed by atoms with Crippen LogP contribution in [0.3, 0.4) is 0 Å². The first-order valence-electron chi connectivity index (χ1n) is 7.12. The van der Waals surface area contributed by atoms with E-state index in [1.165, 1.54) is 0 Å². The number of thioether (sulfide) groups is 1. The van der Waals surface area contributed by atoms with Crippen LogP contribution in [0.1, 0.15) is 34.1 Å². The molecule has 9 heteroatoms. The number of aromatic nitrogens is 3. The smallest absolute Gasteiger partial charge is 0.373 e. The predicted octanol–water partition coefficient (Wildman–Crippen LogP) is 2.99. The topological polar surface area (TPSA) is 69.3 Å². The minimum Gasteiger partial charge on any atom is -0.373 e. The second kappa shape index (κ2) is 9.64. The molecule has 6 nitrogen and oxygen atoms in total. The Morgan fingerprint density at radius 2 is 1.76 bits per heavy atom. The van der Waals surface area contributed by atoms with Crippen LogP contribution in [-0.4, -0.2) is 48.9 Å². The van der Waals surface area contributed by atoms with E-state index >= 15 is 0 Å². The van der Waals surface area contributed by atoms with E-state index in [1.807, 2.05) is 20.8 Å². The lowest BCUT2D eigenvalue weighted by Crippen LogP contribution is -2.55. The molecule has 1 N–H and O–H groups in total. The zero-order chi connectivity index (χ0) is 15.7. The van der Waals surface area contributed by atoms with Gasteiger partial charge in [-0.1, -0.05) is 30.9 Å². The molecule has 0 bridgehead atoms. The molecule has 0 aliphatic carbocycles. The van der Waals surface area contributed by atoms with Gasteiger partial charge >= 0.3 is 8.80 Å². The Hall–Kier alpha value is -0.323. The number of rotatable bonds is 10. The van der Waals surface area contributed by atoms with Crippen LogP contribution in [0.15, 0.2) is 11.2 Å². The second-order valence-corrected chi connectivity index (χ2v) is 8.88. The van der Waals surface area contributed by atoms with Gasteiger partial charge in [-0.15, -0.1) is 5.10 Å². The van der Waals surface area contributed by atoms with Gasteiger partial charge in [0.25, 0.3) is 0 Å². The number of nitrogens with one attached hydrogen (secondary N) is 1. The molecule has 0 aromatic carbocycles. The molecule has 1 aromatic heterocycles. The van der Waals surface area contributed by atoms with Crippen molar-refractivity contribution in [1.82, 2.24) is 15.4 Å². The van der Waals surface area contributed by atoms with Gasteiger partial charge in [-0.3, -0.25) is 0 Å². The third-order valence-electron chi connectivity index (χ3n) is 2.66. The zero-order valence-electron chi connectivity index (χ0n) is 12.9. The third kappa shape index (κ3) is 5.11. The Bertz CT molecular complexity index is 458. The summed E-state index contributed by atoms with van der Waals surface area (Å²) in [5.41, 5.74) is 0. The first-order valence-corrected chi connectivity index (χ1v) is 10.2. The van der Waals surface area contributed by atoms with Crippen LogP contribution in [0, 0.1) is 4.51 Å². The van der Waals surface area contributed by atoms with Crippen LogP contribution >= 0.6 is 24.0 Å². The molecule has 0 spiro atoms. The van der Waals surface area contributed by atoms with Crippen molar-refractivity contribution >= 4 is 32.8 Å². The van der Waals surface area contributed by atoms with Crippen molar-refractivity contribution in [3.8, 4) is 0 Å². The zero-order valence-corrected chi connectivity index (χ0v) is 15.6. The number of nitrogens with zero attached hydrogens (tertiary/aromatic N) is 2. The van der Waals surface area contributed by atoms with E-state index in [0.29, 0.717) is 24.3 Å². The molecule has 0 aliphatic rings. The van der Waals surface area contributed by atoms with E-state index in [4.69, 9.17) is 25.5 Å². The molecule has 120 valence electrons. The lowest BCUT2D eigenvalue weighted by atomic mass is 10.6. The Balaban J connectivity index is 3.05. The molecular formula is C12H23N3O3S2Si. The Labute approximate surface area is 136 Å². The SMILES string of the molecule is CCO[Si](OCC)(OCC)C(CC)Sc1n[nH]ncc1=S. The molecular weight excluding hydrogens is 326 g/mol. The molecule has 0 amide bonds. The summed E-state index contributed by atoms with van der Waals surface area (Å²) in [6.07, 6.45) is 2.43. The predicted molar refractivity (Wildman–Crippen MR) is 87.8 cm³/mol. The fourth-order valence-electron chi connectivity index (χ4n) is 1.90. The second-order valence-electron chi connectivity index (χ2n) is 4.06. The first-order chi connectivity index (χ1) is 10.1. The maximum atomic E-state index is 5.96. The summed E-state index contributed by atoms with van der Waals surface area (Å²) in [5.74, 6) is 0. The van der Waals surface area contributed by atoms with E-state index in [9.17, 15) is 0 Å². The highest BCUT2D eigenvalue weighted by Crippen LogP contribution is 2.33. The maximum absolute atomic E-state index is 5.96. The quantitative estimate of drug-likeness (QED) is 0.395. The van der Waals surface area contributed by atoms with Gasteiger partial charge in [0.2, 0.25) is 0 Å². The van der Waals surface area contributed by atoms with Crippen LogP contribution < -0.4 is 0 Å². The summed E-state index contributed by atoms with van der Waals surface area (Å²) in [6.45, 7) is 9.61.